The fraction of sp³-hybridized carbons (Fsp3) is 0.167. The largest absolute Gasteiger partial charge is 0.354 e. The standard InChI is InChI=1S/C12H11ClFN3/c1-17(12-7-6-11(13)15-16-12)8-9-4-2-3-5-10(9)14/h2-7H,8H2,1H3. The van der Waals surface area contributed by atoms with Crippen LogP contribution < -0.4 is 4.90 Å². The van der Waals surface area contributed by atoms with Crippen molar-refractivity contribution in [1.82, 2.24) is 10.2 Å². The Morgan fingerprint density at radius 2 is 1.94 bits per heavy atom. The monoisotopic (exact) mass is 251 g/mol. The normalized spacial score (nSPS) is 10.3. The smallest absolute Gasteiger partial charge is 0.151 e. The molecule has 0 bridgehead atoms. The quantitative estimate of drug-likeness (QED) is 0.840. The first-order valence-electron chi connectivity index (χ1n) is 5.10. The average molecular weight is 252 g/mol. The summed E-state index contributed by atoms with van der Waals surface area (Å²) in [6.07, 6.45) is 0. The van der Waals surface area contributed by atoms with Gasteiger partial charge in [0.15, 0.2) is 11.0 Å². The third-order valence-corrected chi connectivity index (χ3v) is 2.58. The number of aromatic nitrogens is 2. The number of benzene rings is 1. The number of anilines is 1. The average Bonchev–Trinajstić information content (AvgIpc) is 2.33. The Balaban J connectivity index is 2.14. The van der Waals surface area contributed by atoms with Crippen LogP contribution in [-0.2, 0) is 6.54 Å². The minimum atomic E-state index is -0.221. The van der Waals surface area contributed by atoms with E-state index in [1.165, 1.54) is 6.07 Å². The number of hydrogen-bond donors (Lipinski definition) is 0. The van der Waals surface area contributed by atoms with Gasteiger partial charge in [0.2, 0.25) is 0 Å². The molecule has 0 aliphatic heterocycles. The predicted molar refractivity (Wildman–Crippen MR) is 65.5 cm³/mol. The van der Waals surface area contributed by atoms with Crippen molar-refractivity contribution in [2.75, 3.05) is 11.9 Å². The SMILES string of the molecule is CN(Cc1ccccc1F)c1ccc(Cl)nn1. The summed E-state index contributed by atoms with van der Waals surface area (Å²) in [5.74, 6) is 0.430. The minimum Gasteiger partial charge on any atom is -0.354 e. The van der Waals surface area contributed by atoms with Crippen LogP contribution in [0.2, 0.25) is 5.15 Å². The minimum absolute atomic E-state index is 0.221. The molecule has 1 heterocycles. The highest BCUT2D eigenvalue weighted by Crippen LogP contribution is 2.15. The lowest BCUT2D eigenvalue weighted by Crippen LogP contribution is -2.18. The lowest BCUT2D eigenvalue weighted by atomic mass is 10.2. The van der Waals surface area contributed by atoms with Crippen LogP contribution in [0.5, 0.6) is 0 Å². The van der Waals surface area contributed by atoms with Crippen LogP contribution in [0.1, 0.15) is 5.56 Å². The van der Waals surface area contributed by atoms with Crippen LogP contribution in [0.3, 0.4) is 0 Å². The highest BCUT2D eigenvalue weighted by atomic mass is 35.5. The highest BCUT2D eigenvalue weighted by Gasteiger charge is 2.07. The second kappa shape index (κ2) is 5.10. The molecular weight excluding hydrogens is 241 g/mol. The van der Waals surface area contributed by atoms with Crippen molar-refractivity contribution >= 4 is 17.4 Å². The Hall–Kier alpha value is -1.68. The van der Waals surface area contributed by atoms with Crippen molar-refractivity contribution in [2.24, 2.45) is 0 Å². The summed E-state index contributed by atoms with van der Waals surface area (Å²) in [6, 6.07) is 10.1. The maximum atomic E-state index is 13.4. The van der Waals surface area contributed by atoms with Gasteiger partial charge in [-0.15, -0.1) is 10.2 Å². The van der Waals surface area contributed by atoms with E-state index in [2.05, 4.69) is 10.2 Å². The maximum absolute atomic E-state index is 13.4. The van der Waals surface area contributed by atoms with E-state index < -0.39 is 0 Å². The first kappa shape index (κ1) is 11.8. The summed E-state index contributed by atoms with van der Waals surface area (Å²) < 4.78 is 13.4. The Bertz CT molecular complexity index is 501. The molecule has 0 aliphatic rings. The number of halogens is 2. The summed E-state index contributed by atoms with van der Waals surface area (Å²) in [7, 11) is 1.82. The Morgan fingerprint density at radius 3 is 2.59 bits per heavy atom. The molecule has 0 N–H and O–H groups in total. The van der Waals surface area contributed by atoms with Crippen molar-refractivity contribution in [2.45, 2.75) is 6.54 Å². The summed E-state index contributed by atoms with van der Waals surface area (Å²) in [5, 5.41) is 8.01. The first-order chi connectivity index (χ1) is 8.16. The van der Waals surface area contributed by atoms with Gasteiger partial charge in [0, 0.05) is 19.2 Å². The summed E-state index contributed by atoms with van der Waals surface area (Å²) in [5.41, 5.74) is 0.617. The second-order valence-electron chi connectivity index (χ2n) is 3.66. The van der Waals surface area contributed by atoms with Crippen LogP contribution in [0, 0.1) is 5.82 Å². The van der Waals surface area contributed by atoms with Gasteiger partial charge >= 0.3 is 0 Å². The van der Waals surface area contributed by atoms with Gasteiger partial charge in [-0.25, -0.2) is 4.39 Å². The van der Waals surface area contributed by atoms with Gasteiger partial charge in [-0.2, -0.15) is 0 Å². The van der Waals surface area contributed by atoms with E-state index in [-0.39, 0.29) is 5.82 Å². The van der Waals surface area contributed by atoms with Gasteiger partial charge in [0.1, 0.15) is 5.82 Å². The number of rotatable bonds is 3. The molecule has 0 amide bonds. The number of hydrogen-bond acceptors (Lipinski definition) is 3. The zero-order valence-electron chi connectivity index (χ0n) is 9.27. The topological polar surface area (TPSA) is 29.0 Å². The summed E-state index contributed by atoms with van der Waals surface area (Å²) in [4.78, 5) is 1.81. The van der Waals surface area contributed by atoms with Crippen molar-refractivity contribution in [1.29, 1.82) is 0 Å². The molecule has 1 aromatic carbocycles. The van der Waals surface area contributed by atoms with Crippen molar-refractivity contribution in [3.8, 4) is 0 Å². The molecule has 17 heavy (non-hydrogen) atoms. The molecule has 88 valence electrons. The Kier molecular flexibility index (Phi) is 3.54. The van der Waals surface area contributed by atoms with Gasteiger partial charge in [-0.05, 0) is 18.2 Å². The lowest BCUT2D eigenvalue weighted by Gasteiger charge is -2.17. The van der Waals surface area contributed by atoms with E-state index in [1.807, 2.05) is 11.9 Å². The molecule has 3 nitrogen and oxygen atoms in total. The van der Waals surface area contributed by atoms with Gasteiger partial charge in [-0.3, -0.25) is 0 Å². The molecule has 2 rings (SSSR count). The van der Waals surface area contributed by atoms with Crippen molar-refractivity contribution in [3.05, 3.63) is 52.9 Å². The zero-order chi connectivity index (χ0) is 12.3. The second-order valence-corrected chi connectivity index (χ2v) is 4.05. The van der Waals surface area contributed by atoms with Gasteiger partial charge in [0.05, 0.1) is 0 Å². The molecule has 0 fully saturated rings. The molecule has 0 saturated heterocycles. The van der Waals surface area contributed by atoms with Gasteiger partial charge in [-0.1, -0.05) is 29.8 Å². The van der Waals surface area contributed by atoms with Gasteiger partial charge < -0.3 is 4.90 Å². The zero-order valence-corrected chi connectivity index (χ0v) is 10.0. The van der Waals surface area contributed by atoms with Crippen LogP contribution in [-0.4, -0.2) is 17.2 Å². The molecule has 1 aromatic heterocycles. The molecule has 0 saturated carbocycles. The molecule has 5 heteroatoms. The van der Waals surface area contributed by atoms with E-state index in [0.717, 1.165) is 0 Å². The van der Waals surface area contributed by atoms with Crippen molar-refractivity contribution in [3.63, 3.8) is 0 Å². The fourth-order valence-electron chi connectivity index (χ4n) is 1.48. The molecule has 0 unspecified atom stereocenters. The summed E-state index contributed by atoms with van der Waals surface area (Å²) >= 11 is 5.65. The third-order valence-electron chi connectivity index (χ3n) is 2.37. The molecule has 0 spiro atoms. The summed E-state index contributed by atoms with van der Waals surface area (Å²) in [6.45, 7) is 0.434. The van der Waals surface area contributed by atoms with Crippen LogP contribution in [0.25, 0.3) is 0 Å². The van der Waals surface area contributed by atoms with Gasteiger partial charge in [0.25, 0.3) is 0 Å². The van der Waals surface area contributed by atoms with E-state index in [4.69, 9.17) is 11.6 Å². The van der Waals surface area contributed by atoms with Crippen molar-refractivity contribution < 1.29 is 4.39 Å². The molecule has 0 radical (unpaired) electrons. The molecule has 0 atom stereocenters. The van der Waals surface area contributed by atoms with E-state index in [1.54, 1.807) is 30.3 Å². The van der Waals surface area contributed by atoms with Crippen LogP contribution >= 0.6 is 11.6 Å². The lowest BCUT2D eigenvalue weighted by molar-refractivity contribution is 0.607. The molecular formula is C12H11ClFN3. The number of nitrogens with zero attached hydrogens (tertiary/aromatic N) is 3. The predicted octanol–water partition coefficient (Wildman–Crippen LogP) is 2.91. The first-order valence-corrected chi connectivity index (χ1v) is 5.48. The van der Waals surface area contributed by atoms with Crippen LogP contribution in [0.15, 0.2) is 36.4 Å². The maximum Gasteiger partial charge on any atom is 0.151 e. The Morgan fingerprint density at radius 1 is 1.18 bits per heavy atom. The van der Waals surface area contributed by atoms with E-state index in [9.17, 15) is 4.39 Å². The molecule has 2 aromatic rings. The van der Waals surface area contributed by atoms with E-state index in [0.29, 0.717) is 23.1 Å². The fourth-order valence-corrected chi connectivity index (χ4v) is 1.58. The van der Waals surface area contributed by atoms with E-state index >= 15 is 0 Å². The molecule has 0 aliphatic carbocycles. The highest BCUT2D eigenvalue weighted by molar-refractivity contribution is 6.29. The Labute approximate surface area is 104 Å². The third kappa shape index (κ3) is 2.91. The van der Waals surface area contributed by atoms with Crippen LogP contribution in [0.4, 0.5) is 10.2 Å².